The van der Waals surface area contributed by atoms with Crippen molar-refractivity contribution in [1.82, 2.24) is 28.5 Å². The summed E-state index contributed by atoms with van der Waals surface area (Å²) in [7, 11) is 5.86. The third-order valence-electron chi connectivity index (χ3n) is 6.55. The molecule has 10 nitrogen and oxygen atoms in total. The summed E-state index contributed by atoms with van der Waals surface area (Å²) in [5.74, 6) is 2.06. The number of methoxy groups -OCH3 is 1. The molecule has 3 heterocycles. The first-order valence-corrected chi connectivity index (χ1v) is 13.1. The van der Waals surface area contributed by atoms with Gasteiger partial charge in [-0.2, -0.15) is 9.97 Å². The van der Waals surface area contributed by atoms with Crippen LogP contribution in [0.25, 0.3) is 11.2 Å². The van der Waals surface area contributed by atoms with E-state index in [2.05, 4.69) is 65.3 Å². The molecule has 2 fully saturated rings. The van der Waals surface area contributed by atoms with Gasteiger partial charge in [0.2, 0.25) is 5.95 Å². The van der Waals surface area contributed by atoms with Crippen LogP contribution < -0.4 is 20.3 Å². The minimum atomic E-state index is 0.434. The number of hydrogen-bond acceptors (Lipinski definition) is 10. The van der Waals surface area contributed by atoms with Crippen LogP contribution in [0.3, 0.4) is 0 Å². The quantitative estimate of drug-likeness (QED) is 0.395. The van der Waals surface area contributed by atoms with Gasteiger partial charge in [-0.25, -0.2) is 13.6 Å². The number of ether oxygens (including phenoxy) is 1. The topological polar surface area (TPSA) is 97.5 Å². The molecule has 1 aromatic carbocycles. The lowest BCUT2D eigenvalue weighted by atomic mass is 9.95. The maximum Gasteiger partial charge on any atom is 0.231 e. The minimum Gasteiger partial charge on any atom is -0.494 e. The number of imidazole rings is 1. The number of nitrogens with zero attached hydrogens (tertiary/aromatic N) is 6. The van der Waals surface area contributed by atoms with Crippen LogP contribution in [0.5, 0.6) is 5.75 Å². The van der Waals surface area contributed by atoms with Gasteiger partial charge in [-0.05, 0) is 39.1 Å². The van der Waals surface area contributed by atoms with Crippen molar-refractivity contribution in [3.8, 4) is 5.75 Å². The van der Waals surface area contributed by atoms with E-state index < -0.39 is 0 Å². The number of fused-ring (bicyclic) bond motifs is 1. The number of benzene rings is 1. The van der Waals surface area contributed by atoms with Gasteiger partial charge < -0.3 is 25.3 Å². The van der Waals surface area contributed by atoms with Crippen LogP contribution in [0, 0.1) is 0 Å². The summed E-state index contributed by atoms with van der Waals surface area (Å²) < 4.78 is 10.3. The first-order chi connectivity index (χ1) is 17.1. The zero-order valence-electron chi connectivity index (χ0n) is 20.8. The fraction of sp³-hybridized carbons (Fsp3) is 0.542. The van der Waals surface area contributed by atoms with Crippen molar-refractivity contribution in [3.63, 3.8) is 0 Å². The van der Waals surface area contributed by atoms with E-state index in [9.17, 15) is 0 Å². The van der Waals surface area contributed by atoms with E-state index in [1.54, 1.807) is 25.6 Å². The van der Waals surface area contributed by atoms with Crippen LogP contribution >= 0.6 is 12.1 Å². The molecule has 2 aromatic heterocycles. The Morgan fingerprint density at radius 1 is 1.09 bits per heavy atom. The number of H-pyrrole nitrogens is 1. The van der Waals surface area contributed by atoms with E-state index in [0.29, 0.717) is 17.6 Å². The molecule has 3 N–H and O–H groups in total. The minimum absolute atomic E-state index is 0.434. The summed E-state index contributed by atoms with van der Waals surface area (Å²) in [6.07, 6.45) is 7.83. The second-order valence-electron chi connectivity index (χ2n) is 9.30. The molecule has 35 heavy (non-hydrogen) atoms. The van der Waals surface area contributed by atoms with Crippen LogP contribution in [-0.4, -0.2) is 82.0 Å². The highest BCUT2D eigenvalue weighted by Crippen LogP contribution is 2.33. The van der Waals surface area contributed by atoms with Gasteiger partial charge in [0.15, 0.2) is 11.5 Å². The molecule has 5 rings (SSSR count). The number of hydrogen-bond donors (Lipinski definition) is 3. The van der Waals surface area contributed by atoms with Crippen LogP contribution in [0.1, 0.15) is 32.1 Å². The second-order valence-corrected chi connectivity index (χ2v) is 10.7. The molecule has 1 saturated carbocycles. The molecule has 0 bridgehead atoms. The average Bonchev–Trinajstić information content (AvgIpc) is 3.34. The van der Waals surface area contributed by atoms with Crippen LogP contribution in [0.2, 0.25) is 0 Å². The maximum atomic E-state index is 5.74. The zero-order valence-corrected chi connectivity index (χ0v) is 21.6. The smallest absolute Gasteiger partial charge is 0.231 e. The van der Waals surface area contributed by atoms with Crippen molar-refractivity contribution in [3.05, 3.63) is 24.5 Å². The summed E-state index contributed by atoms with van der Waals surface area (Å²) in [5.41, 5.74) is 3.47. The Bertz CT molecular complexity index is 1120. The van der Waals surface area contributed by atoms with Gasteiger partial charge in [-0.15, -0.1) is 0 Å². The molecule has 0 radical (unpaired) electrons. The Morgan fingerprint density at radius 3 is 2.63 bits per heavy atom. The van der Waals surface area contributed by atoms with Crippen molar-refractivity contribution < 1.29 is 4.74 Å². The summed E-state index contributed by atoms with van der Waals surface area (Å²) in [4.78, 5) is 19.4. The standard InChI is InChI=1S/C24H35N9OS/c1-31(2)35-33-13-11-32(12-14-33)18-9-10-19(20(15-18)34-3)28-24-29-22-21(25-16-26-22)23(30-24)27-17-7-5-4-6-8-17/h9-10,15-17H,4-8,11-14H2,1-3H3,(H3,25,26,27,28,29,30). The van der Waals surface area contributed by atoms with Gasteiger partial charge in [0, 0.05) is 56.1 Å². The molecule has 3 aromatic rings. The van der Waals surface area contributed by atoms with Gasteiger partial charge in [0.25, 0.3) is 0 Å². The van der Waals surface area contributed by atoms with E-state index in [4.69, 9.17) is 9.72 Å². The fourth-order valence-electron chi connectivity index (χ4n) is 4.79. The Morgan fingerprint density at radius 2 is 1.89 bits per heavy atom. The van der Waals surface area contributed by atoms with E-state index >= 15 is 0 Å². The third-order valence-corrected chi connectivity index (χ3v) is 7.47. The highest BCUT2D eigenvalue weighted by atomic mass is 32.2. The van der Waals surface area contributed by atoms with Crippen molar-refractivity contribution in [2.45, 2.75) is 38.1 Å². The van der Waals surface area contributed by atoms with Crippen molar-refractivity contribution in [2.24, 2.45) is 0 Å². The number of nitrogens with one attached hydrogen (secondary N) is 3. The van der Waals surface area contributed by atoms with Crippen molar-refractivity contribution >= 4 is 46.4 Å². The monoisotopic (exact) mass is 497 g/mol. The number of piperazine rings is 1. The van der Waals surface area contributed by atoms with Crippen LogP contribution in [0.15, 0.2) is 24.5 Å². The fourth-order valence-corrected chi connectivity index (χ4v) is 5.58. The van der Waals surface area contributed by atoms with Crippen LogP contribution in [0.4, 0.5) is 23.1 Å². The van der Waals surface area contributed by atoms with E-state index in [0.717, 1.165) is 54.6 Å². The Balaban J connectivity index is 1.32. The van der Waals surface area contributed by atoms with Gasteiger partial charge in [-0.3, -0.25) is 0 Å². The SMILES string of the molecule is COc1cc(N2CCN(SN(C)C)CC2)ccc1Nc1nc(NC2CCCCC2)c2[nH]cnc2n1. The Labute approximate surface area is 211 Å². The van der Waals surface area contributed by atoms with Gasteiger partial charge in [0.05, 0.1) is 19.1 Å². The molecule has 1 saturated heterocycles. The number of anilines is 4. The van der Waals surface area contributed by atoms with Crippen LogP contribution in [-0.2, 0) is 0 Å². The highest BCUT2D eigenvalue weighted by Gasteiger charge is 2.21. The lowest BCUT2D eigenvalue weighted by Gasteiger charge is -2.36. The molecular formula is C24H35N9OS. The lowest BCUT2D eigenvalue weighted by molar-refractivity contribution is 0.410. The number of rotatable bonds is 8. The predicted octanol–water partition coefficient (Wildman–Crippen LogP) is 4.10. The highest BCUT2D eigenvalue weighted by molar-refractivity contribution is 7.94. The molecule has 0 spiro atoms. The van der Waals surface area contributed by atoms with Crippen molar-refractivity contribution in [2.75, 3.05) is 62.9 Å². The first kappa shape index (κ1) is 24.0. The van der Waals surface area contributed by atoms with Gasteiger partial charge in [-0.1, -0.05) is 19.3 Å². The molecule has 1 aliphatic carbocycles. The molecule has 11 heteroatoms. The first-order valence-electron chi connectivity index (χ1n) is 12.4. The van der Waals surface area contributed by atoms with Crippen molar-refractivity contribution in [1.29, 1.82) is 0 Å². The Kier molecular flexibility index (Phi) is 7.45. The third kappa shape index (κ3) is 5.74. The van der Waals surface area contributed by atoms with Gasteiger partial charge in [0.1, 0.15) is 11.3 Å². The summed E-state index contributed by atoms with van der Waals surface area (Å²) >= 11 is 1.78. The summed E-state index contributed by atoms with van der Waals surface area (Å²) in [5, 5.41) is 6.99. The number of aromatic nitrogens is 4. The molecule has 0 atom stereocenters. The van der Waals surface area contributed by atoms with E-state index in [1.807, 2.05) is 6.07 Å². The lowest BCUT2D eigenvalue weighted by Crippen LogP contribution is -2.44. The molecule has 0 amide bonds. The largest absolute Gasteiger partial charge is 0.494 e. The molecule has 188 valence electrons. The molecule has 0 unspecified atom stereocenters. The predicted molar refractivity (Wildman–Crippen MR) is 144 cm³/mol. The zero-order chi connectivity index (χ0) is 24.2. The summed E-state index contributed by atoms with van der Waals surface area (Å²) in [6.45, 7) is 3.98. The molecule has 2 aliphatic rings. The summed E-state index contributed by atoms with van der Waals surface area (Å²) in [6, 6.07) is 6.70. The van der Waals surface area contributed by atoms with E-state index in [-0.39, 0.29) is 0 Å². The molecule has 1 aliphatic heterocycles. The average molecular weight is 498 g/mol. The number of aromatic amines is 1. The normalized spacial score (nSPS) is 17.8. The van der Waals surface area contributed by atoms with Gasteiger partial charge >= 0.3 is 0 Å². The van der Waals surface area contributed by atoms with E-state index in [1.165, 1.54) is 32.1 Å². The Hall–Kier alpha value is -2.76. The maximum absolute atomic E-state index is 5.74. The second kappa shape index (κ2) is 10.9. The molecular weight excluding hydrogens is 462 g/mol.